The lowest BCUT2D eigenvalue weighted by atomic mass is 10.0. The Balaban J connectivity index is 1.86. The van der Waals surface area contributed by atoms with Gasteiger partial charge in [-0.25, -0.2) is 13.2 Å². The van der Waals surface area contributed by atoms with E-state index < -0.39 is 32.0 Å². The second kappa shape index (κ2) is 11.5. The number of morpholine rings is 1. The topological polar surface area (TPSA) is 151 Å². The van der Waals surface area contributed by atoms with E-state index in [2.05, 4.69) is 11.8 Å². The molecule has 0 aliphatic carbocycles. The summed E-state index contributed by atoms with van der Waals surface area (Å²) in [5, 5.41) is 0. The van der Waals surface area contributed by atoms with Crippen molar-refractivity contribution >= 4 is 27.3 Å². The molecule has 4 N–H and O–H groups in total. The molecule has 1 aliphatic rings. The lowest BCUT2D eigenvalue weighted by molar-refractivity contribution is -0.143. The van der Waals surface area contributed by atoms with Crippen molar-refractivity contribution in [1.82, 2.24) is 4.90 Å². The van der Waals surface area contributed by atoms with Crippen LogP contribution in [0.1, 0.15) is 22.3 Å². The predicted molar refractivity (Wildman–Crippen MR) is 133 cm³/mol. The second-order valence-corrected chi connectivity index (χ2v) is 10.3. The van der Waals surface area contributed by atoms with Crippen molar-refractivity contribution in [2.24, 2.45) is 5.73 Å². The smallest absolute Gasteiger partial charge is 0.343 e. The van der Waals surface area contributed by atoms with Crippen LogP contribution < -0.4 is 16.2 Å². The summed E-state index contributed by atoms with van der Waals surface area (Å²) in [7, 11) is -2.00. The maximum Gasteiger partial charge on any atom is 0.343 e. The van der Waals surface area contributed by atoms with Crippen molar-refractivity contribution in [3.05, 3.63) is 53.6 Å². The van der Waals surface area contributed by atoms with Gasteiger partial charge in [-0.3, -0.25) is 9.69 Å². The van der Waals surface area contributed by atoms with E-state index >= 15 is 0 Å². The van der Waals surface area contributed by atoms with Crippen LogP contribution >= 0.6 is 0 Å². The van der Waals surface area contributed by atoms with Gasteiger partial charge in [0.25, 0.3) is 0 Å². The van der Waals surface area contributed by atoms with Crippen LogP contribution in [-0.2, 0) is 24.1 Å². The molecular formula is C25H29N3O7S. The van der Waals surface area contributed by atoms with E-state index in [4.69, 9.17) is 25.7 Å². The maximum absolute atomic E-state index is 13.5. The zero-order valence-electron chi connectivity index (χ0n) is 20.2. The third kappa shape index (κ3) is 5.68. The molecule has 3 rings (SSSR count). The molecule has 192 valence electrons. The molecule has 11 heteroatoms. The molecule has 2 aromatic carbocycles. The molecule has 2 aromatic rings. The summed E-state index contributed by atoms with van der Waals surface area (Å²) in [6.45, 7) is 2.97. The quantitative estimate of drug-likeness (QED) is 0.224. The molecule has 0 amide bonds. The third-order valence-corrected chi connectivity index (χ3v) is 8.03. The van der Waals surface area contributed by atoms with Gasteiger partial charge in [-0.05, 0) is 42.5 Å². The monoisotopic (exact) mass is 515 g/mol. The van der Waals surface area contributed by atoms with Gasteiger partial charge >= 0.3 is 5.97 Å². The molecule has 0 radical (unpaired) electrons. The molecule has 0 bridgehead atoms. The van der Waals surface area contributed by atoms with E-state index in [1.807, 2.05) is 4.90 Å². The van der Waals surface area contributed by atoms with Crippen molar-refractivity contribution in [2.45, 2.75) is 16.2 Å². The number of carbonyl (C=O) groups is 2. The number of nitrogen functional groups attached to an aromatic ring is 1. The number of carbonyl (C=O) groups excluding carboxylic acids is 2. The zero-order valence-corrected chi connectivity index (χ0v) is 21.0. The Bertz CT molecular complexity index is 1280. The minimum absolute atomic E-state index is 0.169. The Morgan fingerprint density at radius 2 is 1.69 bits per heavy atom. The average Bonchev–Trinajstić information content (AvgIpc) is 2.90. The van der Waals surface area contributed by atoms with Crippen LogP contribution in [0.25, 0.3) is 0 Å². The van der Waals surface area contributed by atoms with Crippen molar-refractivity contribution < 1.29 is 32.2 Å². The molecule has 0 saturated carbocycles. The number of benzene rings is 2. The number of nitrogens with zero attached hydrogens (tertiary/aromatic N) is 1. The first-order valence-corrected chi connectivity index (χ1v) is 12.6. The minimum Gasteiger partial charge on any atom is -0.497 e. The Morgan fingerprint density at radius 1 is 1.06 bits per heavy atom. The van der Waals surface area contributed by atoms with E-state index in [-0.39, 0.29) is 17.0 Å². The number of hydrogen-bond donors (Lipinski definition) is 2. The fourth-order valence-electron chi connectivity index (χ4n) is 3.61. The molecule has 1 unspecified atom stereocenters. The number of esters is 1. The van der Waals surface area contributed by atoms with E-state index in [0.717, 1.165) is 13.2 Å². The first-order valence-electron chi connectivity index (χ1n) is 11.1. The van der Waals surface area contributed by atoms with Gasteiger partial charge in [0.2, 0.25) is 14.7 Å². The molecule has 1 heterocycles. The van der Waals surface area contributed by atoms with Gasteiger partial charge in [0, 0.05) is 24.2 Å². The van der Waals surface area contributed by atoms with Gasteiger partial charge in [-0.1, -0.05) is 11.8 Å². The summed E-state index contributed by atoms with van der Waals surface area (Å²) in [4.78, 5) is 24.5. The molecule has 1 fully saturated rings. The summed E-state index contributed by atoms with van der Waals surface area (Å²) >= 11 is 0. The standard InChI is InChI=1S/C25H29N3O7S/c1-33-20-8-5-18(6-9-20)23(29)19-7-10-22(21(26)17-19)36(31,32)25(27,24(30)34-2)11-3-4-12-28-13-15-35-16-14-28/h5-10,17H,11-16,26-27H2,1-2H3. The van der Waals surface area contributed by atoms with Crippen LogP contribution in [0.5, 0.6) is 5.75 Å². The summed E-state index contributed by atoms with van der Waals surface area (Å²) < 4.78 is 42.1. The number of methoxy groups -OCH3 is 2. The van der Waals surface area contributed by atoms with Gasteiger partial charge in [-0.15, -0.1) is 0 Å². The summed E-state index contributed by atoms with van der Waals surface area (Å²) in [6.07, 6.45) is -0.502. The maximum atomic E-state index is 13.5. The summed E-state index contributed by atoms with van der Waals surface area (Å²) in [6, 6.07) is 10.1. The lowest BCUT2D eigenvalue weighted by Crippen LogP contribution is -2.55. The van der Waals surface area contributed by atoms with Crippen LogP contribution in [0.15, 0.2) is 47.4 Å². The number of hydrogen-bond acceptors (Lipinski definition) is 10. The molecular weight excluding hydrogens is 486 g/mol. The number of ketones is 1. The fourth-order valence-corrected chi connectivity index (χ4v) is 5.18. The fraction of sp³-hybridized carbons (Fsp3) is 0.360. The van der Waals surface area contributed by atoms with Gasteiger partial charge in [-0.2, -0.15) is 0 Å². The number of nitrogens with two attached hydrogens (primary N) is 2. The highest BCUT2D eigenvalue weighted by Gasteiger charge is 2.49. The Morgan fingerprint density at radius 3 is 2.28 bits per heavy atom. The van der Waals surface area contributed by atoms with E-state index in [1.165, 1.54) is 19.2 Å². The highest BCUT2D eigenvalue weighted by Crippen LogP contribution is 2.31. The first kappa shape index (κ1) is 27.2. The van der Waals surface area contributed by atoms with E-state index in [9.17, 15) is 18.0 Å². The molecule has 1 saturated heterocycles. The Hall–Kier alpha value is -3.43. The highest BCUT2D eigenvalue weighted by molar-refractivity contribution is 7.93. The predicted octanol–water partition coefficient (Wildman–Crippen LogP) is 0.836. The minimum atomic E-state index is -4.55. The van der Waals surface area contributed by atoms with E-state index in [1.54, 1.807) is 24.3 Å². The van der Waals surface area contributed by atoms with Crippen LogP contribution in [0.2, 0.25) is 0 Å². The van der Waals surface area contributed by atoms with Crippen LogP contribution in [-0.4, -0.2) is 77.0 Å². The SMILES string of the molecule is COC(=O)C(N)(CC#CCN1CCOCC1)S(=O)(=O)c1ccc(C(=O)c2ccc(OC)cc2)cc1N. The van der Waals surface area contributed by atoms with Gasteiger partial charge in [0.1, 0.15) is 5.75 Å². The van der Waals surface area contributed by atoms with Gasteiger partial charge in [0.05, 0.1) is 51.0 Å². The average molecular weight is 516 g/mol. The summed E-state index contributed by atoms with van der Waals surface area (Å²) in [5.41, 5.74) is 12.5. The number of sulfone groups is 1. The zero-order chi connectivity index (χ0) is 26.3. The number of rotatable bonds is 8. The Kier molecular flexibility index (Phi) is 8.70. The molecule has 36 heavy (non-hydrogen) atoms. The molecule has 0 aromatic heterocycles. The third-order valence-electron chi connectivity index (χ3n) is 5.81. The van der Waals surface area contributed by atoms with E-state index in [0.29, 0.717) is 44.2 Å². The van der Waals surface area contributed by atoms with Gasteiger partial charge in [0.15, 0.2) is 5.78 Å². The van der Waals surface area contributed by atoms with Crippen molar-refractivity contribution in [3.63, 3.8) is 0 Å². The van der Waals surface area contributed by atoms with Crippen LogP contribution in [0.3, 0.4) is 0 Å². The molecule has 1 atom stereocenters. The number of anilines is 1. The van der Waals surface area contributed by atoms with Crippen molar-refractivity contribution in [1.29, 1.82) is 0 Å². The molecule has 1 aliphatic heterocycles. The number of ether oxygens (including phenoxy) is 3. The normalized spacial score (nSPS) is 15.8. The summed E-state index contributed by atoms with van der Waals surface area (Å²) in [5.74, 6) is 4.62. The van der Waals surface area contributed by atoms with Crippen molar-refractivity contribution in [2.75, 3.05) is 52.8 Å². The molecule has 0 spiro atoms. The van der Waals surface area contributed by atoms with Crippen LogP contribution in [0.4, 0.5) is 5.69 Å². The lowest BCUT2D eigenvalue weighted by Gasteiger charge is -2.25. The Labute approximate surface area is 210 Å². The largest absolute Gasteiger partial charge is 0.497 e. The van der Waals surface area contributed by atoms with Gasteiger partial charge < -0.3 is 25.7 Å². The first-order chi connectivity index (χ1) is 17.1. The van der Waals surface area contributed by atoms with Crippen molar-refractivity contribution in [3.8, 4) is 17.6 Å². The molecule has 10 nitrogen and oxygen atoms in total. The second-order valence-electron chi connectivity index (χ2n) is 8.11. The highest BCUT2D eigenvalue weighted by atomic mass is 32.2. The van der Waals surface area contributed by atoms with Crippen LogP contribution in [0, 0.1) is 11.8 Å².